The van der Waals surface area contributed by atoms with Crippen LogP contribution in [0, 0.1) is 18.8 Å². The Labute approximate surface area is 149 Å². The molecule has 0 heterocycles. The lowest BCUT2D eigenvalue weighted by Gasteiger charge is -2.27. The Morgan fingerprint density at radius 2 is 1.80 bits per heavy atom. The van der Waals surface area contributed by atoms with Crippen LogP contribution < -0.4 is 10.6 Å². The number of aryl methyl sites for hydroxylation is 1. The molecule has 0 unspecified atom stereocenters. The molecule has 5 nitrogen and oxygen atoms in total. The van der Waals surface area contributed by atoms with Gasteiger partial charge in [-0.1, -0.05) is 6.07 Å². The van der Waals surface area contributed by atoms with Crippen LogP contribution in [0.1, 0.15) is 50.5 Å². The lowest BCUT2D eigenvalue weighted by atomic mass is 9.85. The highest BCUT2D eigenvalue weighted by atomic mass is 16.5. The number of ether oxygens (including phenoxy) is 1. The molecule has 1 aromatic rings. The van der Waals surface area contributed by atoms with Gasteiger partial charge in [0.25, 0.3) is 0 Å². The van der Waals surface area contributed by atoms with E-state index in [1.807, 2.05) is 25.1 Å². The molecular formula is C20H28N2O3. The Hall–Kier alpha value is -1.88. The molecular weight excluding hydrogens is 316 g/mol. The fourth-order valence-electron chi connectivity index (χ4n) is 3.46. The highest BCUT2D eigenvalue weighted by Gasteiger charge is 2.29. The molecule has 2 fully saturated rings. The molecule has 5 heteroatoms. The standard InChI is InChI=1S/C20H28N2O3/c1-13-3-8-16(21-20(24)15-6-7-15)12-18(13)22-19(23)11-14-4-9-17(25-2)10-5-14/h3,8,12,14-15,17H,4-7,9-11H2,1-2H3,(H,21,24)(H,22,23). The first-order valence-corrected chi connectivity index (χ1v) is 9.29. The summed E-state index contributed by atoms with van der Waals surface area (Å²) in [5.41, 5.74) is 2.53. The second-order valence-electron chi connectivity index (χ2n) is 7.42. The van der Waals surface area contributed by atoms with Crippen molar-refractivity contribution in [3.05, 3.63) is 23.8 Å². The molecule has 0 spiro atoms. The van der Waals surface area contributed by atoms with Crippen LogP contribution in [0.15, 0.2) is 18.2 Å². The van der Waals surface area contributed by atoms with Gasteiger partial charge >= 0.3 is 0 Å². The first-order valence-electron chi connectivity index (χ1n) is 9.29. The van der Waals surface area contributed by atoms with E-state index < -0.39 is 0 Å². The van der Waals surface area contributed by atoms with Gasteiger partial charge in [0, 0.05) is 30.8 Å². The van der Waals surface area contributed by atoms with Crippen LogP contribution in [-0.2, 0) is 14.3 Å². The van der Waals surface area contributed by atoms with Crippen LogP contribution in [-0.4, -0.2) is 25.0 Å². The molecule has 2 amide bonds. The zero-order valence-electron chi connectivity index (χ0n) is 15.1. The number of nitrogens with one attached hydrogen (secondary N) is 2. The SMILES string of the molecule is COC1CCC(CC(=O)Nc2cc(NC(=O)C3CC3)ccc2C)CC1. The van der Waals surface area contributed by atoms with E-state index in [9.17, 15) is 9.59 Å². The summed E-state index contributed by atoms with van der Waals surface area (Å²) in [5.74, 6) is 0.733. The normalized spacial score (nSPS) is 23.1. The third-order valence-electron chi connectivity index (χ3n) is 5.33. The molecule has 0 aliphatic heterocycles. The van der Waals surface area contributed by atoms with Crippen LogP contribution in [0.4, 0.5) is 11.4 Å². The summed E-state index contributed by atoms with van der Waals surface area (Å²) in [6, 6.07) is 5.68. The topological polar surface area (TPSA) is 67.4 Å². The largest absolute Gasteiger partial charge is 0.381 e. The van der Waals surface area contributed by atoms with E-state index in [4.69, 9.17) is 4.74 Å². The summed E-state index contributed by atoms with van der Waals surface area (Å²) in [7, 11) is 1.76. The molecule has 136 valence electrons. The Bertz CT molecular complexity index is 632. The number of hydrogen-bond acceptors (Lipinski definition) is 3. The number of benzene rings is 1. The van der Waals surface area contributed by atoms with Gasteiger partial charge in [0.1, 0.15) is 0 Å². The number of amides is 2. The fraction of sp³-hybridized carbons (Fsp3) is 0.600. The van der Waals surface area contributed by atoms with Gasteiger partial charge in [-0.3, -0.25) is 9.59 Å². The number of carbonyl (C=O) groups is 2. The van der Waals surface area contributed by atoms with Gasteiger partial charge in [0.2, 0.25) is 11.8 Å². The minimum absolute atomic E-state index is 0.0506. The summed E-state index contributed by atoms with van der Waals surface area (Å²) in [6.45, 7) is 1.96. The van der Waals surface area contributed by atoms with E-state index in [1.54, 1.807) is 7.11 Å². The molecule has 3 rings (SSSR count). The molecule has 25 heavy (non-hydrogen) atoms. The van der Waals surface area contributed by atoms with E-state index in [-0.39, 0.29) is 17.7 Å². The van der Waals surface area contributed by atoms with Crippen LogP contribution in [0.2, 0.25) is 0 Å². The van der Waals surface area contributed by atoms with Crippen molar-refractivity contribution < 1.29 is 14.3 Å². The van der Waals surface area contributed by atoms with Gasteiger partial charge in [-0.15, -0.1) is 0 Å². The van der Waals surface area contributed by atoms with E-state index in [2.05, 4.69) is 10.6 Å². The van der Waals surface area contributed by atoms with Crippen molar-refractivity contribution in [2.24, 2.45) is 11.8 Å². The monoisotopic (exact) mass is 344 g/mol. The maximum absolute atomic E-state index is 12.4. The van der Waals surface area contributed by atoms with Crippen molar-refractivity contribution in [1.29, 1.82) is 0 Å². The molecule has 0 radical (unpaired) electrons. The van der Waals surface area contributed by atoms with Crippen LogP contribution >= 0.6 is 0 Å². The van der Waals surface area contributed by atoms with Gasteiger partial charge in [-0.2, -0.15) is 0 Å². The number of rotatable bonds is 6. The Morgan fingerprint density at radius 3 is 2.44 bits per heavy atom. The Balaban J connectivity index is 1.54. The molecule has 2 aliphatic carbocycles. The maximum Gasteiger partial charge on any atom is 0.227 e. The average Bonchev–Trinajstić information content (AvgIpc) is 3.43. The van der Waals surface area contributed by atoms with Crippen LogP contribution in [0.25, 0.3) is 0 Å². The lowest BCUT2D eigenvalue weighted by molar-refractivity contribution is -0.118. The van der Waals surface area contributed by atoms with Gasteiger partial charge in [-0.25, -0.2) is 0 Å². The van der Waals surface area contributed by atoms with E-state index in [0.29, 0.717) is 18.4 Å². The predicted molar refractivity (Wildman–Crippen MR) is 98.5 cm³/mol. The molecule has 0 bridgehead atoms. The van der Waals surface area contributed by atoms with Crippen molar-refractivity contribution in [1.82, 2.24) is 0 Å². The van der Waals surface area contributed by atoms with Crippen molar-refractivity contribution >= 4 is 23.2 Å². The molecule has 0 aromatic heterocycles. The third-order valence-corrected chi connectivity index (χ3v) is 5.33. The Morgan fingerprint density at radius 1 is 1.08 bits per heavy atom. The van der Waals surface area contributed by atoms with E-state index >= 15 is 0 Å². The summed E-state index contributed by atoms with van der Waals surface area (Å²) >= 11 is 0. The smallest absolute Gasteiger partial charge is 0.227 e. The number of methoxy groups -OCH3 is 1. The summed E-state index contributed by atoms with van der Waals surface area (Å²) in [4.78, 5) is 24.3. The minimum Gasteiger partial charge on any atom is -0.381 e. The van der Waals surface area contributed by atoms with Gasteiger partial charge in [-0.05, 0) is 69.1 Å². The van der Waals surface area contributed by atoms with Crippen molar-refractivity contribution in [2.45, 2.75) is 58.0 Å². The molecule has 0 saturated heterocycles. The fourth-order valence-corrected chi connectivity index (χ4v) is 3.46. The Kier molecular flexibility index (Phi) is 5.74. The highest BCUT2D eigenvalue weighted by Crippen LogP contribution is 2.31. The number of hydrogen-bond donors (Lipinski definition) is 2. The zero-order chi connectivity index (χ0) is 17.8. The first-order chi connectivity index (χ1) is 12.0. The average molecular weight is 344 g/mol. The minimum atomic E-state index is 0.0506. The van der Waals surface area contributed by atoms with Crippen molar-refractivity contribution in [3.63, 3.8) is 0 Å². The molecule has 2 N–H and O–H groups in total. The number of anilines is 2. The predicted octanol–water partition coefficient (Wildman–Crippen LogP) is 3.88. The van der Waals surface area contributed by atoms with E-state index in [0.717, 1.165) is 55.5 Å². The molecule has 2 saturated carbocycles. The summed E-state index contributed by atoms with van der Waals surface area (Å²) < 4.78 is 5.39. The number of carbonyl (C=O) groups excluding carboxylic acids is 2. The first kappa shape index (κ1) is 17.9. The second-order valence-corrected chi connectivity index (χ2v) is 7.42. The van der Waals surface area contributed by atoms with Gasteiger partial charge in [0.15, 0.2) is 0 Å². The lowest BCUT2D eigenvalue weighted by Crippen LogP contribution is -2.24. The van der Waals surface area contributed by atoms with Crippen LogP contribution in [0.5, 0.6) is 0 Å². The summed E-state index contributed by atoms with van der Waals surface area (Å²) in [5, 5.41) is 5.95. The molecule has 2 aliphatic rings. The third kappa shape index (κ3) is 5.05. The second kappa shape index (κ2) is 8.00. The maximum atomic E-state index is 12.4. The highest BCUT2D eigenvalue weighted by molar-refractivity contribution is 5.96. The zero-order valence-corrected chi connectivity index (χ0v) is 15.1. The quantitative estimate of drug-likeness (QED) is 0.823. The summed E-state index contributed by atoms with van der Waals surface area (Å²) in [6.07, 6.45) is 7.03. The molecule has 0 atom stereocenters. The van der Waals surface area contributed by atoms with E-state index in [1.165, 1.54) is 0 Å². The van der Waals surface area contributed by atoms with Crippen molar-refractivity contribution in [2.75, 3.05) is 17.7 Å². The molecule has 1 aromatic carbocycles. The van der Waals surface area contributed by atoms with Crippen molar-refractivity contribution in [3.8, 4) is 0 Å². The van der Waals surface area contributed by atoms with Gasteiger partial charge < -0.3 is 15.4 Å². The van der Waals surface area contributed by atoms with Crippen LogP contribution in [0.3, 0.4) is 0 Å². The van der Waals surface area contributed by atoms with Gasteiger partial charge in [0.05, 0.1) is 6.10 Å².